The first-order chi connectivity index (χ1) is 12.5. The number of nitrogens with two attached hydrogens (primary N) is 2. The minimum atomic E-state index is -0.0739. The Morgan fingerprint density at radius 1 is 1.42 bits per heavy atom. The molecule has 3 rings (SSSR count). The summed E-state index contributed by atoms with van der Waals surface area (Å²) in [5, 5.41) is 24.4. The van der Waals surface area contributed by atoms with Crippen LogP contribution in [0, 0.1) is 22.7 Å². The Morgan fingerprint density at radius 2 is 2.19 bits per heavy atom. The second kappa shape index (κ2) is 7.44. The van der Waals surface area contributed by atoms with Crippen molar-refractivity contribution >= 4 is 28.6 Å². The van der Waals surface area contributed by atoms with Crippen molar-refractivity contribution in [3.05, 3.63) is 23.9 Å². The summed E-state index contributed by atoms with van der Waals surface area (Å²) in [7, 11) is 0. The van der Waals surface area contributed by atoms with E-state index in [-0.39, 0.29) is 30.0 Å². The Morgan fingerprint density at radius 3 is 2.92 bits per heavy atom. The van der Waals surface area contributed by atoms with E-state index in [0.29, 0.717) is 23.5 Å². The van der Waals surface area contributed by atoms with Gasteiger partial charge in [0.1, 0.15) is 17.4 Å². The van der Waals surface area contributed by atoms with Gasteiger partial charge in [0.25, 0.3) is 0 Å². The summed E-state index contributed by atoms with van der Waals surface area (Å²) >= 11 is 0. The first-order valence-corrected chi connectivity index (χ1v) is 8.77. The zero-order chi connectivity index (χ0) is 18.7. The van der Waals surface area contributed by atoms with E-state index in [2.05, 4.69) is 10.4 Å². The molecule has 1 aliphatic rings. The molecule has 0 spiro atoms. The van der Waals surface area contributed by atoms with Gasteiger partial charge in [-0.05, 0) is 30.9 Å². The molecular weight excluding hydrogens is 330 g/mol. The molecule has 26 heavy (non-hydrogen) atoms. The predicted octanol–water partition coefficient (Wildman–Crippen LogP) is 2.04. The van der Waals surface area contributed by atoms with Gasteiger partial charge in [-0.15, -0.1) is 0 Å². The second-order valence-corrected chi connectivity index (χ2v) is 6.78. The first kappa shape index (κ1) is 17.7. The number of aromatic nitrogens is 2. The topological polar surface area (TPSA) is 146 Å². The van der Waals surface area contributed by atoms with Crippen molar-refractivity contribution < 1.29 is 4.79 Å². The van der Waals surface area contributed by atoms with Crippen molar-refractivity contribution in [1.82, 2.24) is 9.61 Å². The van der Waals surface area contributed by atoms with Gasteiger partial charge in [-0.25, -0.2) is 4.52 Å². The number of anilines is 2. The van der Waals surface area contributed by atoms with Crippen LogP contribution in [-0.4, -0.2) is 27.3 Å². The van der Waals surface area contributed by atoms with Crippen LogP contribution in [0.15, 0.2) is 18.3 Å². The molecule has 2 aromatic rings. The smallest absolute Gasteiger partial charge is 0.147 e. The van der Waals surface area contributed by atoms with Crippen LogP contribution in [0.2, 0.25) is 0 Å². The molecule has 2 atom stereocenters. The van der Waals surface area contributed by atoms with E-state index in [1.807, 2.05) is 12.1 Å². The molecule has 6 N–H and O–H groups in total. The molecule has 0 saturated heterocycles. The second-order valence-electron chi connectivity index (χ2n) is 6.78. The number of carbonyl (C=O) groups excluding carboxylic acids is 1. The van der Waals surface area contributed by atoms with Gasteiger partial charge in [0, 0.05) is 12.5 Å². The number of nitrogens with zero attached hydrogens (tertiary/aromatic N) is 3. The molecule has 8 nitrogen and oxygen atoms in total. The standard InChI is InChI=1S/C18H23N7O/c19-8-7-12(26)9-11-3-1-2-4-14(11)24-17-13(18(21)22)10-23-25-15(17)5-6-16(25)20/h5-6,10-11,14,24H,1-4,7,9,20H2,(H3,21,22)/t11-,14+/m0/s1. The number of nitrogen functional groups attached to an aromatic ring is 2. The van der Waals surface area contributed by atoms with Gasteiger partial charge in [0.05, 0.1) is 35.5 Å². The maximum Gasteiger partial charge on any atom is 0.147 e. The van der Waals surface area contributed by atoms with Gasteiger partial charge >= 0.3 is 0 Å². The molecule has 8 heteroatoms. The molecular formula is C18H23N7O. The van der Waals surface area contributed by atoms with E-state index in [4.69, 9.17) is 22.1 Å². The third-order valence-electron chi connectivity index (χ3n) is 5.01. The molecule has 1 saturated carbocycles. The molecule has 2 heterocycles. The van der Waals surface area contributed by atoms with E-state index in [1.165, 1.54) is 6.20 Å². The normalized spacial score (nSPS) is 19.8. The first-order valence-electron chi connectivity index (χ1n) is 8.77. The summed E-state index contributed by atoms with van der Waals surface area (Å²) < 4.78 is 1.60. The summed E-state index contributed by atoms with van der Waals surface area (Å²) in [4.78, 5) is 12.0. The zero-order valence-corrected chi connectivity index (χ0v) is 14.5. The lowest BCUT2D eigenvalue weighted by Crippen LogP contribution is -2.34. The average molecular weight is 353 g/mol. The van der Waals surface area contributed by atoms with Gasteiger partial charge in [0.15, 0.2) is 0 Å². The van der Waals surface area contributed by atoms with Crippen molar-refractivity contribution in [2.24, 2.45) is 11.7 Å². The molecule has 136 valence electrons. The number of ketones is 1. The maximum absolute atomic E-state index is 12.0. The van der Waals surface area contributed by atoms with Crippen LogP contribution in [0.3, 0.4) is 0 Å². The molecule has 0 aromatic carbocycles. The Kier molecular flexibility index (Phi) is 5.07. The SMILES string of the molecule is N#CCC(=O)C[C@@H]1CCCC[C@H]1Nc1c(C(=N)N)cnn2c(N)ccc12. The highest BCUT2D eigenvalue weighted by atomic mass is 16.1. The van der Waals surface area contributed by atoms with Crippen molar-refractivity contribution in [2.75, 3.05) is 11.1 Å². The number of hydrogen-bond acceptors (Lipinski definition) is 6. The van der Waals surface area contributed by atoms with Crippen LogP contribution in [0.5, 0.6) is 0 Å². The van der Waals surface area contributed by atoms with Crippen LogP contribution in [-0.2, 0) is 4.79 Å². The Hall–Kier alpha value is -3.08. The van der Waals surface area contributed by atoms with E-state index >= 15 is 0 Å². The average Bonchev–Trinajstić information content (AvgIpc) is 2.98. The number of hydrogen-bond donors (Lipinski definition) is 4. The molecule has 2 aromatic heterocycles. The van der Waals surface area contributed by atoms with Crippen molar-refractivity contribution in [1.29, 1.82) is 10.7 Å². The van der Waals surface area contributed by atoms with Crippen LogP contribution >= 0.6 is 0 Å². The lowest BCUT2D eigenvalue weighted by Gasteiger charge is -2.33. The number of carbonyl (C=O) groups is 1. The third kappa shape index (κ3) is 3.47. The Labute approximate surface area is 151 Å². The minimum absolute atomic E-state index is 0.0233. The predicted molar refractivity (Wildman–Crippen MR) is 99.8 cm³/mol. The van der Waals surface area contributed by atoms with Crippen LogP contribution in [0.1, 0.15) is 44.1 Å². The van der Waals surface area contributed by atoms with Gasteiger partial charge in [-0.2, -0.15) is 10.4 Å². The van der Waals surface area contributed by atoms with Gasteiger partial charge < -0.3 is 16.8 Å². The fourth-order valence-electron chi connectivity index (χ4n) is 3.72. The lowest BCUT2D eigenvalue weighted by atomic mass is 9.81. The summed E-state index contributed by atoms with van der Waals surface area (Å²) in [6.45, 7) is 0. The summed E-state index contributed by atoms with van der Waals surface area (Å²) in [5.41, 5.74) is 13.7. The molecule has 1 aliphatic carbocycles. The number of nitrogens with one attached hydrogen (secondary N) is 2. The number of nitriles is 1. The molecule has 1 fully saturated rings. The molecule has 0 radical (unpaired) electrons. The van der Waals surface area contributed by atoms with E-state index in [1.54, 1.807) is 10.6 Å². The number of fused-ring (bicyclic) bond motifs is 1. The molecule has 0 aliphatic heterocycles. The van der Waals surface area contributed by atoms with E-state index in [9.17, 15) is 4.79 Å². The van der Waals surface area contributed by atoms with Crippen LogP contribution in [0.4, 0.5) is 11.5 Å². The van der Waals surface area contributed by atoms with Gasteiger partial charge in [-0.1, -0.05) is 12.8 Å². The molecule has 0 amide bonds. The van der Waals surface area contributed by atoms with Crippen molar-refractivity contribution in [3.8, 4) is 6.07 Å². The monoisotopic (exact) mass is 353 g/mol. The van der Waals surface area contributed by atoms with Crippen molar-refractivity contribution in [3.63, 3.8) is 0 Å². The third-order valence-corrected chi connectivity index (χ3v) is 5.01. The summed E-state index contributed by atoms with van der Waals surface area (Å²) in [6, 6.07) is 5.61. The highest BCUT2D eigenvalue weighted by Crippen LogP contribution is 2.33. The van der Waals surface area contributed by atoms with Crippen molar-refractivity contribution in [2.45, 2.75) is 44.6 Å². The Balaban J connectivity index is 1.93. The highest BCUT2D eigenvalue weighted by Gasteiger charge is 2.28. The highest BCUT2D eigenvalue weighted by molar-refractivity contribution is 6.03. The van der Waals surface area contributed by atoms with E-state index in [0.717, 1.165) is 31.2 Å². The zero-order valence-electron chi connectivity index (χ0n) is 14.5. The summed E-state index contributed by atoms with van der Waals surface area (Å²) in [6.07, 6.45) is 5.89. The number of rotatable bonds is 6. The van der Waals surface area contributed by atoms with Gasteiger partial charge in [0.2, 0.25) is 0 Å². The van der Waals surface area contributed by atoms with E-state index < -0.39 is 0 Å². The quantitative estimate of drug-likeness (QED) is 0.462. The lowest BCUT2D eigenvalue weighted by molar-refractivity contribution is -0.119. The molecule has 0 bridgehead atoms. The number of amidine groups is 1. The largest absolute Gasteiger partial charge is 0.384 e. The number of Topliss-reactive ketones (excluding diaryl/α,β-unsaturated/α-hetero) is 1. The van der Waals surface area contributed by atoms with Gasteiger partial charge in [-0.3, -0.25) is 10.2 Å². The van der Waals surface area contributed by atoms with Crippen LogP contribution in [0.25, 0.3) is 5.52 Å². The summed E-state index contributed by atoms with van der Waals surface area (Å²) in [5.74, 6) is 0.562. The Bertz CT molecular complexity index is 880. The fraction of sp³-hybridized carbons (Fsp3) is 0.444. The maximum atomic E-state index is 12.0. The minimum Gasteiger partial charge on any atom is -0.384 e. The fourth-order valence-corrected chi connectivity index (χ4v) is 3.72. The van der Waals surface area contributed by atoms with Crippen LogP contribution < -0.4 is 16.8 Å². The molecule has 0 unspecified atom stereocenters.